The first-order chi connectivity index (χ1) is 15.3. The number of hydrogen-bond acceptors (Lipinski definition) is 11. The average molecular weight is 571 g/mol. The molecule has 17 nitrogen and oxygen atoms in total. The van der Waals surface area contributed by atoms with Gasteiger partial charge in [0.15, 0.2) is 6.23 Å². The SMILES string of the molecule is Cc1cc(=O)[nH]c(=O)n1[C@@H]1O[C@H]([C@@H](C)OP(=O)(O)OP(=O)(O)OP(=O)(O)O)[C@H](O)C1(O)C#CCl. The Bertz CT molecular complexity index is 1260. The van der Waals surface area contributed by atoms with Crippen molar-refractivity contribution < 1.29 is 61.4 Å². The number of ether oxygens (including phenoxy) is 1. The molecule has 3 unspecified atom stereocenters. The van der Waals surface area contributed by atoms with E-state index in [0.717, 1.165) is 13.0 Å². The van der Waals surface area contributed by atoms with Crippen LogP contribution in [0.15, 0.2) is 15.7 Å². The number of H-pyrrole nitrogens is 1. The van der Waals surface area contributed by atoms with Crippen molar-refractivity contribution in [2.75, 3.05) is 0 Å². The van der Waals surface area contributed by atoms with Crippen LogP contribution >= 0.6 is 35.1 Å². The lowest BCUT2D eigenvalue weighted by atomic mass is 9.93. The fourth-order valence-corrected chi connectivity index (χ4v) is 6.39. The fraction of sp³-hybridized carbons (Fsp3) is 0.538. The Hall–Kier alpha value is -1.18. The van der Waals surface area contributed by atoms with Crippen LogP contribution in [0.5, 0.6) is 0 Å². The highest BCUT2D eigenvalue weighted by Gasteiger charge is 2.59. The van der Waals surface area contributed by atoms with Gasteiger partial charge in [0.25, 0.3) is 5.56 Å². The number of aryl methyl sites for hydroxylation is 1. The Kier molecular flexibility index (Phi) is 8.59. The van der Waals surface area contributed by atoms with E-state index in [0.29, 0.717) is 4.57 Å². The molecule has 192 valence electrons. The third-order valence-electron chi connectivity index (χ3n) is 4.25. The van der Waals surface area contributed by atoms with Gasteiger partial charge in [-0.3, -0.25) is 18.9 Å². The highest BCUT2D eigenvalue weighted by molar-refractivity contribution is 7.66. The van der Waals surface area contributed by atoms with Crippen LogP contribution in [0.25, 0.3) is 0 Å². The van der Waals surface area contributed by atoms with E-state index in [1.54, 1.807) is 5.38 Å². The molecule has 1 aliphatic heterocycles. The molecule has 0 bridgehead atoms. The minimum atomic E-state index is -5.83. The molecule has 1 aromatic heterocycles. The number of phosphoric acid groups is 3. The molecule has 7 atom stereocenters. The first-order valence-corrected chi connectivity index (χ1v) is 13.6. The molecule has 7 N–H and O–H groups in total. The molecule has 1 aliphatic rings. The van der Waals surface area contributed by atoms with Gasteiger partial charge in [0.1, 0.15) is 12.2 Å². The Morgan fingerprint density at radius 2 is 1.79 bits per heavy atom. The van der Waals surface area contributed by atoms with Crippen molar-refractivity contribution in [3.8, 4) is 11.3 Å². The van der Waals surface area contributed by atoms with E-state index in [1.807, 2.05) is 10.9 Å². The van der Waals surface area contributed by atoms with Crippen molar-refractivity contribution in [1.29, 1.82) is 0 Å². The number of aliphatic hydroxyl groups excluding tert-OH is 1. The van der Waals surface area contributed by atoms with E-state index in [4.69, 9.17) is 26.1 Å². The summed E-state index contributed by atoms with van der Waals surface area (Å²) in [5.74, 6) is 2.03. The maximum atomic E-state index is 12.3. The molecule has 21 heteroatoms. The van der Waals surface area contributed by atoms with Crippen molar-refractivity contribution in [3.05, 3.63) is 32.6 Å². The van der Waals surface area contributed by atoms with Crippen LogP contribution in [0, 0.1) is 18.2 Å². The molecule has 1 fully saturated rings. The van der Waals surface area contributed by atoms with Gasteiger partial charge in [-0.2, -0.15) is 8.62 Å². The minimum Gasteiger partial charge on any atom is -0.386 e. The molecule has 0 aromatic carbocycles. The van der Waals surface area contributed by atoms with Crippen molar-refractivity contribution in [2.24, 2.45) is 0 Å². The maximum Gasteiger partial charge on any atom is 0.490 e. The zero-order chi connectivity index (χ0) is 26.3. The molecule has 34 heavy (non-hydrogen) atoms. The van der Waals surface area contributed by atoms with E-state index in [9.17, 15) is 43.3 Å². The summed E-state index contributed by atoms with van der Waals surface area (Å²) in [6.45, 7) is 2.25. The molecule has 0 spiro atoms. The van der Waals surface area contributed by atoms with Crippen LogP contribution in [0.1, 0.15) is 18.8 Å². The summed E-state index contributed by atoms with van der Waals surface area (Å²) in [4.78, 5) is 61.7. The summed E-state index contributed by atoms with van der Waals surface area (Å²) in [6.07, 6.45) is -7.54. The third kappa shape index (κ3) is 6.73. The van der Waals surface area contributed by atoms with E-state index >= 15 is 0 Å². The first-order valence-electron chi connectivity index (χ1n) is 8.65. The highest BCUT2D eigenvalue weighted by Crippen LogP contribution is 2.66. The number of hydrogen-bond donors (Lipinski definition) is 7. The number of nitrogens with zero attached hydrogens (tertiary/aromatic N) is 1. The largest absolute Gasteiger partial charge is 0.490 e. The van der Waals surface area contributed by atoms with Gasteiger partial charge in [-0.15, -0.1) is 0 Å². The molecule has 1 saturated heterocycles. The van der Waals surface area contributed by atoms with E-state index in [-0.39, 0.29) is 5.69 Å². The lowest BCUT2D eigenvalue weighted by molar-refractivity contribution is -0.0877. The third-order valence-corrected chi connectivity index (χ3v) is 8.27. The van der Waals surface area contributed by atoms with Gasteiger partial charge in [-0.1, -0.05) is 0 Å². The van der Waals surface area contributed by atoms with Crippen LogP contribution in [0.2, 0.25) is 0 Å². The second-order valence-corrected chi connectivity index (χ2v) is 11.4. The van der Waals surface area contributed by atoms with E-state index in [2.05, 4.69) is 13.1 Å². The summed E-state index contributed by atoms with van der Waals surface area (Å²) >= 11 is 5.35. The molecule has 0 saturated carbocycles. The van der Waals surface area contributed by atoms with Gasteiger partial charge < -0.3 is 34.5 Å². The zero-order valence-corrected chi connectivity index (χ0v) is 20.4. The molecule has 2 rings (SSSR count). The number of phosphoric ester groups is 1. The number of rotatable bonds is 8. The normalized spacial score (nSPS) is 29.5. The van der Waals surface area contributed by atoms with Crippen LogP contribution in [0.3, 0.4) is 0 Å². The highest BCUT2D eigenvalue weighted by atomic mass is 35.5. The van der Waals surface area contributed by atoms with Crippen LogP contribution < -0.4 is 11.2 Å². The van der Waals surface area contributed by atoms with Crippen molar-refractivity contribution >= 4 is 35.1 Å². The molecule has 2 heterocycles. The van der Waals surface area contributed by atoms with Crippen molar-refractivity contribution in [2.45, 2.75) is 44.0 Å². The van der Waals surface area contributed by atoms with Gasteiger partial charge in [-0.05, 0) is 31.4 Å². The van der Waals surface area contributed by atoms with Crippen LogP contribution in [-0.2, 0) is 31.6 Å². The topological polar surface area (TPSA) is 264 Å². The van der Waals surface area contributed by atoms with E-state index in [1.165, 1.54) is 6.92 Å². The molecule has 0 radical (unpaired) electrons. The number of aliphatic hydroxyl groups is 2. The van der Waals surface area contributed by atoms with Gasteiger partial charge in [-0.25, -0.2) is 18.5 Å². The number of nitrogens with one attached hydrogen (secondary N) is 1. The van der Waals surface area contributed by atoms with Gasteiger partial charge >= 0.3 is 29.2 Å². The number of halogens is 1. The first kappa shape index (κ1) is 29.1. The molecular formula is C13H18ClN2O15P3. The van der Waals surface area contributed by atoms with Gasteiger partial charge in [0, 0.05) is 17.1 Å². The second-order valence-electron chi connectivity index (χ2n) is 6.79. The summed E-state index contributed by atoms with van der Waals surface area (Å²) in [6, 6.07) is 0.953. The number of aromatic nitrogens is 2. The average Bonchev–Trinajstić information content (AvgIpc) is 2.83. The fourth-order valence-electron chi connectivity index (χ4n) is 3.04. The molecule has 0 aliphatic carbocycles. The summed E-state index contributed by atoms with van der Waals surface area (Å²) < 4.78 is 52.1. The monoisotopic (exact) mass is 570 g/mol. The van der Waals surface area contributed by atoms with Crippen molar-refractivity contribution in [1.82, 2.24) is 9.55 Å². The Morgan fingerprint density at radius 1 is 1.21 bits per heavy atom. The second kappa shape index (κ2) is 10.1. The van der Waals surface area contributed by atoms with Gasteiger partial charge in [0.2, 0.25) is 5.60 Å². The Labute approximate surface area is 194 Å². The summed E-state index contributed by atoms with van der Waals surface area (Å²) in [7, 11) is -17.1. The predicted molar refractivity (Wildman–Crippen MR) is 109 cm³/mol. The zero-order valence-electron chi connectivity index (χ0n) is 16.9. The Morgan fingerprint density at radius 3 is 2.29 bits per heavy atom. The van der Waals surface area contributed by atoms with Crippen LogP contribution in [0.4, 0.5) is 0 Å². The predicted octanol–water partition coefficient (Wildman–Crippen LogP) is -1.23. The molecule has 0 amide bonds. The molecular weight excluding hydrogens is 553 g/mol. The van der Waals surface area contributed by atoms with Gasteiger partial charge in [0.05, 0.1) is 6.10 Å². The van der Waals surface area contributed by atoms with Crippen molar-refractivity contribution in [3.63, 3.8) is 0 Å². The summed E-state index contributed by atoms with van der Waals surface area (Å²) in [5, 5.41) is 23.3. The van der Waals surface area contributed by atoms with E-state index < -0.39 is 64.9 Å². The quantitative estimate of drug-likeness (QED) is 0.142. The smallest absolute Gasteiger partial charge is 0.386 e. The summed E-state index contributed by atoms with van der Waals surface area (Å²) in [5.41, 5.74) is -4.57. The lowest BCUT2D eigenvalue weighted by Crippen LogP contribution is -2.49. The number of aromatic amines is 1. The molecule has 1 aromatic rings. The van der Waals surface area contributed by atoms with Crippen LogP contribution in [-0.4, -0.2) is 63.3 Å². The lowest BCUT2D eigenvalue weighted by Gasteiger charge is -2.27. The minimum absolute atomic E-state index is 0.0538. The Balaban J connectivity index is 2.37. The maximum absolute atomic E-state index is 12.3. The standard InChI is InChI=1S/C13H18ClN2O15P3/c1-6-5-8(17)15-12(19)16(6)11-13(20,3-4-14)10(18)9(28-11)7(2)29-33(24,25)31-34(26,27)30-32(21,22)23/h5,7,9-11,18,20H,1-2H3,(H,24,25)(H,26,27)(H,15,17,19)(H2,21,22,23)/t7-,9-,10+,11-,13?/m1/s1.